The molecule has 20 nitrogen and oxygen atoms in total. The second-order valence-corrected chi connectivity index (χ2v) is 24.7. The van der Waals surface area contributed by atoms with Crippen LogP contribution in [0.3, 0.4) is 0 Å². The van der Waals surface area contributed by atoms with E-state index in [9.17, 15) is 66.3 Å². The van der Waals surface area contributed by atoms with Crippen LogP contribution in [0.15, 0.2) is 104 Å². The van der Waals surface area contributed by atoms with Crippen molar-refractivity contribution in [2.45, 2.75) is 124 Å². The molecule has 1 fully saturated rings. The van der Waals surface area contributed by atoms with Crippen LogP contribution in [0.4, 0.5) is 11.4 Å². The number of carbonyl (C=O) groups is 3. The first-order valence-corrected chi connectivity index (χ1v) is 29.9. The van der Waals surface area contributed by atoms with Gasteiger partial charge in [-0.25, -0.2) is 13.2 Å². The minimum atomic E-state index is -5.19. The Morgan fingerprint density at radius 2 is 1.24 bits per heavy atom. The molecule has 0 radical (unpaired) electrons. The molecule has 4 aromatic carbocycles. The minimum absolute atomic E-state index is 0.00502. The summed E-state index contributed by atoms with van der Waals surface area (Å²) in [5, 5.41) is 0.764. The third kappa shape index (κ3) is 12.1. The van der Waals surface area contributed by atoms with Crippen molar-refractivity contribution in [1.29, 1.82) is 0 Å². The van der Waals surface area contributed by atoms with Gasteiger partial charge >= 0.3 is 5.97 Å². The van der Waals surface area contributed by atoms with Gasteiger partial charge in [0.2, 0.25) is 5.69 Å². The van der Waals surface area contributed by atoms with Crippen LogP contribution in [0.2, 0.25) is 0 Å². The summed E-state index contributed by atoms with van der Waals surface area (Å²) < 4.78 is 144. The van der Waals surface area contributed by atoms with Crippen LogP contribution in [-0.4, -0.2) is 123 Å². The number of carbonyl (C=O) groups excluding carboxylic acids is 3. The maximum atomic E-state index is 12.6. The first-order valence-electron chi connectivity index (χ1n) is 24.2. The number of hydrogen-bond donors (Lipinski definition) is 3. The van der Waals surface area contributed by atoms with Crippen molar-refractivity contribution in [3.05, 3.63) is 95.7 Å². The van der Waals surface area contributed by atoms with Gasteiger partial charge in [-0.2, -0.15) is 29.8 Å². The van der Waals surface area contributed by atoms with Crippen LogP contribution >= 0.6 is 0 Å². The van der Waals surface area contributed by atoms with Crippen LogP contribution in [0.25, 0.3) is 21.5 Å². The Morgan fingerprint density at radius 1 is 0.693 bits per heavy atom. The van der Waals surface area contributed by atoms with Crippen molar-refractivity contribution >= 4 is 96.9 Å². The molecule has 2 amide bonds. The summed E-state index contributed by atoms with van der Waals surface area (Å²) in [6.07, 6.45) is 9.96. The smallest absolute Gasteiger partial charge is 0.333 e. The van der Waals surface area contributed by atoms with Crippen molar-refractivity contribution in [3.8, 4) is 0 Å². The second kappa shape index (κ2) is 22.1. The lowest BCUT2D eigenvalue weighted by atomic mass is 9.79. The number of allylic oxidation sites excluding steroid dienone is 6. The number of anilines is 1. The first-order chi connectivity index (χ1) is 34.8. The summed E-state index contributed by atoms with van der Waals surface area (Å²) in [5.41, 5.74) is 1.68. The van der Waals surface area contributed by atoms with Crippen molar-refractivity contribution < 1.29 is 75.7 Å². The molecule has 3 heterocycles. The van der Waals surface area contributed by atoms with Gasteiger partial charge in [-0.1, -0.05) is 58.9 Å². The molecule has 3 aliphatic heterocycles. The molecule has 406 valence electrons. The Balaban J connectivity index is 0.00000122. The number of nitrogens with zero attached hydrogens (tertiary/aromatic N) is 4. The lowest BCUT2D eigenvalue weighted by Crippen LogP contribution is -2.31. The number of likely N-dealkylation sites (N-methyl/N-ethyl adjacent to an activating group) is 1. The summed E-state index contributed by atoms with van der Waals surface area (Å²) in [6.45, 7) is 20.1. The van der Waals surface area contributed by atoms with Crippen molar-refractivity contribution in [3.63, 3.8) is 0 Å². The van der Waals surface area contributed by atoms with Crippen molar-refractivity contribution in [2.24, 2.45) is 0 Å². The molecule has 24 heteroatoms. The van der Waals surface area contributed by atoms with Crippen LogP contribution < -0.4 is 4.90 Å². The Kier molecular flexibility index (Phi) is 17.3. The molecule has 1 saturated heterocycles. The van der Waals surface area contributed by atoms with Gasteiger partial charge in [-0.15, -0.1) is 5.06 Å². The fourth-order valence-corrected chi connectivity index (χ4v) is 12.8. The molecule has 3 aliphatic rings. The maximum absolute atomic E-state index is 12.6. The predicted molar refractivity (Wildman–Crippen MR) is 280 cm³/mol. The highest BCUT2D eigenvalue weighted by atomic mass is 32.2. The van der Waals surface area contributed by atoms with Gasteiger partial charge in [0.25, 0.3) is 42.2 Å². The Hall–Kier alpha value is -5.70. The maximum Gasteiger partial charge on any atom is 0.333 e. The zero-order valence-electron chi connectivity index (χ0n) is 42.9. The number of hydrogen-bond acceptors (Lipinski definition) is 15. The minimum Gasteiger partial charge on any atom is -0.744 e. The van der Waals surface area contributed by atoms with E-state index in [0.29, 0.717) is 77.8 Å². The van der Waals surface area contributed by atoms with E-state index >= 15 is 0 Å². The number of fused-ring (bicyclic) bond motifs is 6. The molecule has 3 N–H and O–H groups in total. The van der Waals surface area contributed by atoms with Gasteiger partial charge in [0, 0.05) is 72.1 Å². The highest BCUT2D eigenvalue weighted by molar-refractivity contribution is 7.87. The fourth-order valence-electron chi connectivity index (χ4n) is 10.1. The van der Waals surface area contributed by atoms with Gasteiger partial charge in [0.15, 0.2) is 5.71 Å². The average Bonchev–Trinajstić information content (AvgIpc) is 3.84. The van der Waals surface area contributed by atoms with Gasteiger partial charge in [0.05, 0.1) is 20.1 Å². The van der Waals surface area contributed by atoms with E-state index in [2.05, 4.69) is 25.7 Å². The Morgan fingerprint density at radius 3 is 1.76 bits per heavy atom. The van der Waals surface area contributed by atoms with E-state index in [1.54, 1.807) is 36.4 Å². The zero-order chi connectivity index (χ0) is 55.8. The SMILES string of the molecule is CCN(CC)CC.CCN1/C(=C/C=C/C=C/C2=[N+](CCCCCC(=O)ON3C(=O)CCC3=O)c3ccc4c(S(=O)(=O)O)cc(S(=O)(=O)O)cc4c3C2(C)C)C(C)(C)c2c1ccc1c(S(=O)(=O)[O-])cc(S(=O)(=O)O)cc21. The Labute approximate surface area is 438 Å². The monoisotopic (exact) mass is 1110 g/mol. The number of benzene rings is 4. The van der Waals surface area contributed by atoms with E-state index in [1.807, 2.05) is 50.2 Å². The van der Waals surface area contributed by atoms with Crippen molar-refractivity contribution in [1.82, 2.24) is 9.96 Å². The topological polar surface area (TPSA) is 293 Å². The lowest BCUT2D eigenvalue weighted by molar-refractivity contribution is -0.438. The molecule has 0 spiro atoms. The number of unbranched alkanes of at least 4 members (excludes halogenated alkanes) is 2. The normalized spacial score (nSPS) is 17.3. The number of amides is 2. The van der Waals surface area contributed by atoms with Crippen LogP contribution in [0.5, 0.6) is 0 Å². The molecular weight excluding hydrogens is 1050 g/mol. The molecular formula is C51H62N4O16S4. The lowest BCUT2D eigenvalue weighted by Gasteiger charge is -2.26. The standard InChI is InChI=1S/C45H47N3O16S4.C6H15N/c1-6-46-33-18-16-29-31(23-27(65(52,53)54)25-35(29)67(58,59)60)42(33)44(2,3)37(46)13-9-7-10-14-38-45(4,5)43-32-24-28(66(55,56)57)26-36(68(61,62)63)30(32)17-19-34(43)47(38)22-12-8-11-15-41(51)64-48-39(49)20-21-40(48)50;1-4-7(5-2)6-3/h7,9-10,13-14,16-19,23-26H,6,8,11-12,15,20-22H2,1-5H3,(H3-,52,53,54,55,56,57,58,59,60,61,62,63);4-6H2,1-3H3. The second-order valence-electron chi connectivity index (χ2n) is 19.1. The predicted octanol–water partition coefficient (Wildman–Crippen LogP) is 7.34. The zero-order valence-corrected chi connectivity index (χ0v) is 46.1. The average molecular weight is 1120 g/mol. The highest BCUT2D eigenvalue weighted by Crippen LogP contribution is 2.52. The van der Waals surface area contributed by atoms with Gasteiger partial charge in [-0.3, -0.25) is 23.2 Å². The quantitative estimate of drug-likeness (QED) is 0.0288. The molecule has 0 aliphatic carbocycles. The molecule has 4 aromatic rings. The molecule has 0 atom stereocenters. The summed E-state index contributed by atoms with van der Waals surface area (Å²) in [5.74, 6) is -1.94. The third-order valence-corrected chi connectivity index (χ3v) is 17.2. The van der Waals surface area contributed by atoms with E-state index in [-0.39, 0.29) is 40.8 Å². The van der Waals surface area contributed by atoms with E-state index < -0.39 is 88.7 Å². The van der Waals surface area contributed by atoms with Gasteiger partial charge in [-0.05, 0) is 117 Å². The molecule has 0 bridgehead atoms. The summed E-state index contributed by atoms with van der Waals surface area (Å²) in [4.78, 5) is 42.5. The number of rotatable bonds is 18. The number of imide groups is 1. The highest BCUT2D eigenvalue weighted by Gasteiger charge is 2.46. The fraction of sp³-hybridized carbons (Fsp3) is 0.412. The van der Waals surface area contributed by atoms with Gasteiger partial charge in [0.1, 0.15) is 21.6 Å². The van der Waals surface area contributed by atoms with Crippen molar-refractivity contribution in [2.75, 3.05) is 37.6 Å². The summed E-state index contributed by atoms with van der Waals surface area (Å²) in [6, 6.07) is 9.75. The van der Waals surface area contributed by atoms with Gasteiger partial charge < -0.3 is 19.2 Å². The summed E-state index contributed by atoms with van der Waals surface area (Å²) >= 11 is 0. The molecule has 0 unspecified atom stereocenters. The summed E-state index contributed by atoms with van der Waals surface area (Å²) in [7, 11) is -20.1. The third-order valence-electron chi connectivity index (χ3n) is 13.8. The van der Waals surface area contributed by atoms with Crippen LogP contribution in [0, 0.1) is 0 Å². The first kappa shape index (κ1) is 58.6. The molecule has 7 rings (SSSR count). The van der Waals surface area contributed by atoms with Crippen LogP contribution in [-0.2, 0) is 70.5 Å². The van der Waals surface area contributed by atoms with E-state index in [4.69, 9.17) is 4.84 Å². The largest absolute Gasteiger partial charge is 0.744 e. The molecule has 0 saturated carbocycles. The Bertz CT molecular complexity index is 3560. The van der Waals surface area contributed by atoms with E-state index in [0.717, 1.165) is 17.8 Å². The molecule has 75 heavy (non-hydrogen) atoms. The van der Waals surface area contributed by atoms with E-state index in [1.165, 1.54) is 31.8 Å². The molecule has 0 aromatic heterocycles. The number of hydroxylamine groups is 2. The van der Waals surface area contributed by atoms with Crippen LogP contribution in [0.1, 0.15) is 105 Å².